The predicted octanol–water partition coefficient (Wildman–Crippen LogP) is 9.10. The van der Waals surface area contributed by atoms with Gasteiger partial charge in [0.05, 0.1) is 0 Å². The Bertz CT molecular complexity index is 1140. The Morgan fingerprint density at radius 3 is 1.66 bits per heavy atom. The third kappa shape index (κ3) is 16.4. The summed E-state index contributed by atoms with van der Waals surface area (Å²) in [6, 6.07) is 26.1. The number of rotatable bonds is 11. The maximum Gasteiger partial charge on any atom is 0.262 e. The van der Waals surface area contributed by atoms with Crippen LogP contribution in [0, 0.1) is 12.8 Å². The molecule has 5 heteroatoms. The summed E-state index contributed by atoms with van der Waals surface area (Å²) < 4.78 is 11.5. The Kier molecular flexibility index (Phi) is 21.1. The highest BCUT2D eigenvalue weighted by Gasteiger charge is 2.12. The molecule has 0 aliphatic rings. The Morgan fingerprint density at radius 1 is 0.707 bits per heavy atom. The Hall–Kier alpha value is -4.30. The number of amides is 1. The summed E-state index contributed by atoms with van der Waals surface area (Å²) in [4.78, 5) is 24.1. The zero-order valence-corrected chi connectivity index (χ0v) is 25.6. The number of allylic oxidation sites excluding steroid dienone is 1. The molecule has 0 saturated carbocycles. The summed E-state index contributed by atoms with van der Waals surface area (Å²) in [6.07, 6.45) is 13.3. The van der Waals surface area contributed by atoms with Gasteiger partial charge in [0.15, 0.2) is 12.4 Å². The van der Waals surface area contributed by atoms with E-state index in [1.165, 1.54) is 32.6 Å². The molecular formula is C36H47NO4. The maximum absolute atomic E-state index is 12.1. The third-order valence-electron chi connectivity index (χ3n) is 5.64. The third-order valence-corrected chi connectivity index (χ3v) is 5.64. The van der Waals surface area contributed by atoms with Crippen LogP contribution < -0.4 is 10.1 Å². The number of carbonyl (C=O) groups is 2. The van der Waals surface area contributed by atoms with E-state index < -0.39 is 0 Å². The number of terminal acetylenes is 1. The van der Waals surface area contributed by atoms with Crippen LogP contribution in [0.25, 0.3) is 5.76 Å². The second-order valence-electron chi connectivity index (χ2n) is 9.01. The van der Waals surface area contributed by atoms with Crippen molar-refractivity contribution in [1.82, 2.24) is 0 Å². The lowest BCUT2D eigenvalue weighted by atomic mass is 10.1. The summed E-state index contributed by atoms with van der Waals surface area (Å²) in [5.41, 5.74) is 2.96. The van der Waals surface area contributed by atoms with E-state index >= 15 is 0 Å². The van der Waals surface area contributed by atoms with Crippen molar-refractivity contribution in [3.8, 4) is 18.6 Å². The SMILES string of the molecule is C#C.CC(=O)/C(C)=C(/OCc1ccccc1)c1ccc(NC(=O)COc2ccccc2)cc1.CCCC.CCCC. The van der Waals surface area contributed by atoms with Crippen LogP contribution in [-0.4, -0.2) is 18.3 Å². The van der Waals surface area contributed by atoms with Gasteiger partial charge in [0.25, 0.3) is 5.91 Å². The fourth-order valence-corrected chi connectivity index (χ4v) is 2.87. The molecule has 0 aromatic heterocycles. The summed E-state index contributed by atoms with van der Waals surface area (Å²) in [5.74, 6) is 0.853. The molecule has 3 aromatic carbocycles. The van der Waals surface area contributed by atoms with Crippen molar-refractivity contribution < 1.29 is 19.1 Å². The molecule has 0 heterocycles. The van der Waals surface area contributed by atoms with Gasteiger partial charge in [-0.25, -0.2) is 0 Å². The molecule has 0 fully saturated rings. The Labute approximate surface area is 248 Å². The molecule has 0 aliphatic heterocycles. The second kappa shape index (κ2) is 23.6. The highest BCUT2D eigenvalue weighted by molar-refractivity contribution is 5.99. The molecule has 0 radical (unpaired) electrons. The van der Waals surface area contributed by atoms with Crippen molar-refractivity contribution in [2.24, 2.45) is 0 Å². The topological polar surface area (TPSA) is 64.6 Å². The molecule has 5 nitrogen and oxygen atoms in total. The van der Waals surface area contributed by atoms with Crippen molar-refractivity contribution >= 4 is 23.1 Å². The number of para-hydroxylation sites is 1. The van der Waals surface area contributed by atoms with Gasteiger partial charge in [-0.2, -0.15) is 0 Å². The minimum absolute atomic E-state index is 0.0569. The first-order valence-corrected chi connectivity index (χ1v) is 14.2. The largest absolute Gasteiger partial charge is 0.488 e. The first kappa shape index (κ1) is 36.7. The van der Waals surface area contributed by atoms with Crippen LogP contribution in [0.5, 0.6) is 5.75 Å². The van der Waals surface area contributed by atoms with Crippen LogP contribution in [0.4, 0.5) is 5.69 Å². The Balaban J connectivity index is 0.00000140. The minimum atomic E-state index is -0.257. The lowest BCUT2D eigenvalue weighted by Crippen LogP contribution is -2.20. The molecule has 220 valence electrons. The van der Waals surface area contributed by atoms with Crippen LogP contribution in [0.2, 0.25) is 0 Å². The van der Waals surface area contributed by atoms with Crippen molar-refractivity contribution in [2.45, 2.75) is 73.8 Å². The average Bonchev–Trinajstić information content (AvgIpc) is 3.03. The van der Waals surface area contributed by atoms with E-state index in [-0.39, 0.29) is 18.3 Å². The summed E-state index contributed by atoms with van der Waals surface area (Å²) in [6.45, 7) is 12.3. The van der Waals surface area contributed by atoms with Crippen LogP contribution >= 0.6 is 0 Å². The monoisotopic (exact) mass is 557 g/mol. The van der Waals surface area contributed by atoms with Gasteiger partial charge >= 0.3 is 0 Å². The number of hydrogen-bond donors (Lipinski definition) is 1. The molecule has 3 aromatic rings. The van der Waals surface area contributed by atoms with Gasteiger partial charge < -0.3 is 14.8 Å². The standard InChI is InChI=1S/C26H25NO4.2C4H10.C2H2/c1-19(20(2)28)26(31-17-21-9-5-3-6-10-21)22-13-15-23(16-14-22)27-25(29)18-30-24-11-7-4-8-12-24;2*1-3-4-2;1-2/h3-16H,17-18H2,1-2H3,(H,27,29);2*3-4H2,1-2H3;1-2H/b26-19+;;;. The van der Waals surface area contributed by atoms with E-state index in [0.717, 1.165) is 11.1 Å². The normalized spacial score (nSPS) is 10.0. The average molecular weight is 558 g/mol. The number of anilines is 1. The van der Waals surface area contributed by atoms with Gasteiger partial charge in [0.1, 0.15) is 18.1 Å². The molecule has 0 saturated heterocycles. The second-order valence-corrected chi connectivity index (χ2v) is 9.01. The minimum Gasteiger partial charge on any atom is -0.488 e. The molecule has 0 aliphatic carbocycles. The van der Waals surface area contributed by atoms with Crippen molar-refractivity contribution in [3.05, 3.63) is 102 Å². The van der Waals surface area contributed by atoms with E-state index in [9.17, 15) is 9.59 Å². The smallest absolute Gasteiger partial charge is 0.262 e. The molecule has 0 spiro atoms. The van der Waals surface area contributed by atoms with Crippen molar-refractivity contribution in [1.29, 1.82) is 0 Å². The fraction of sp³-hybridized carbons (Fsp3) is 0.333. The predicted molar refractivity (Wildman–Crippen MR) is 173 cm³/mol. The number of hydrogen-bond acceptors (Lipinski definition) is 4. The summed E-state index contributed by atoms with van der Waals surface area (Å²) >= 11 is 0. The van der Waals surface area contributed by atoms with E-state index in [0.29, 0.717) is 29.4 Å². The van der Waals surface area contributed by atoms with Gasteiger partial charge in [-0.3, -0.25) is 9.59 Å². The van der Waals surface area contributed by atoms with E-state index in [2.05, 4.69) is 45.9 Å². The van der Waals surface area contributed by atoms with Crippen LogP contribution in [-0.2, 0) is 20.9 Å². The van der Waals surface area contributed by atoms with Gasteiger partial charge in [-0.15, -0.1) is 12.8 Å². The van der Waals surface area contributed by atoms with Crippen molar-refractivity contribution in [2.75, 3.05) is 11.9 Å². The summed E-state index contributed by atoms with van der Waals surface area (Å²) in [5, 5.41) is 2.80. The molecular weight excluding hydrogens is 510 g/mol. The molecule has 0 bridgehead atoms. The number of ether oxygens (including phenoxy) is 2. The zero-order valence-electron chi connectivity index (χ0n) is 25.6. The van der Waals surface area contributed by atoms with Crippen LogP contribution in [0.15, 0.2) is 90.5 Å². The molecule has 0 atom stereocenters. The maximum atomic E-state index is 12.1. The van der Waals surface area contributed by atoms with E-state index in [1.54, 1.807) is 31.2 Å². The zero-order chi connectivity index (χ0) is 30.9. The molecule has 0 unspecified atom stereocenters. The number of unbranched alkanes of at least 4 members (excludes halogenated alkanes) is 2. The molecule has 1 N–H and O–H groups in total. The molecule has 41 heavy (non-hydrogen) atoms. The lowest BCUT2D eigenvalue weighted by molar-refractivity contribution is -0.118. The van der Waals surface area contributed by atoms with E-state index in [4.69, 9.17) is 9.47 Å². The molecule has 1 amide bonds. The lowest BCUT2D eigenvalue weighted by Gasteiger charge is -2.14. The van der Waals surface area contributed by atoms with Gasteiger partial charge in [-0.1, -0.05) is 102 Å². The van der Waals surface area contributed by atoms with Gasteiger partial charge in [0, 0.05) is 16.8 Å². The van der Waals surface area contributed by atoms with Gasteiger partial charge in [0.2, 0.25) is 0 Å². The highest BCUT2D eigenvalue weighted by Crippen LogP contribution is 2.24. The molecule has 3 rings (SSSR count). The van der Waals surface area contributed by atoms with E-state index in [1.807, 2.05) is 60.7 Å². The van der Waals surface area contributed by atoms with Crippen molar-refractivity contribution in [3.63, 3.8) is 0 Å². The van der Waals surface area contributed by atoms with Gasteiger partial charge in [-0.05, 0) is 55.8 Å². The number of Topliss-reactive ketones (excluding diaryl/α,β-unsaturated/α-hetero) is 1. The quantitative estimate of drug-likeness (QED) is 0.145. The van der Waals surface area contributed by atoms with Crippen LogP contribution in [0.1, 0.15) is 78.4 Å². The number of ketones is 1. The Morgan fingerprint density at radius 2 is 1.20 bits per heavy atom. The first-order chi connectivity index (χ1) is 19.9. The first-order valence-electron chi connectivity index (χ1n) is 14.2. The fourth-order valence-electron chi connectivity index (χ4n) is 2.87. The van der Waals surface area contributed by atoms with Crippen LogP contribution in [0.3, 0.4) is 0 Å². The number of benzene rings is 3. The number of carbonyl (C=O) groups excluding carboxylic acids is 2. The number of nitrogens with one attached hydrogen (secondary N) is 1. The highest BCUT2D eigenvalue weighted by atomic mass is 16.5. The summed E-state index contributed by atoms with van der Waals surface area (Å²) in [7, 11) is 0.